The first-order chi connectivity index (χ1) is 12.2. The minimum atomic E-state index is -0.00441. The highest BCUT2D eigenvalue weighted by Crippen LogP contribution is 2.26. The molecule has 4 heteroatoms. The van der Waals surface area contributed by atoms with Crippen LogP contribution in [0.3, 0.4) is 0 Å². The van der Waals surface area contributed by atoms with Crippen molar-refractivity contribution in [1.82, 2.24) is 14.9 Å². The summed E-state index contributed by atoms with van der Waals surface area (Å²) < 4.78 is 0. The lowest BCUT2D eigenvalue weighted by Crippen LogP contribution is -2.37. The summed E-state index contributed by atoms with van der Waals surface area (Å²) >= 11 is 0. The molecule has 2 aromatic carbocycles. The van der Waals surface area contributed by atoms with E-state index >= 15 is 0 Å². The zero-order valence-corrected chi connectivity index (χ0v) is 14.4. The van der Waals surface area contributed by atoms with E-state index in [9.17, 15) is 4.79 Å². The summed E-state index contributed by atoms with van der Waals surface area (Å²) in [5, 5.41) is 2.53. The van der Waals surface area contributed by atoms with Crippen LogP contribution in [0, 0.1) is 6.92 Å². The highest BCUT2D eigenvalue weighted by molar-refractivity contribution is 5.92. The van der Waals surface area contributed by atoms with Gasteiger partial charge in [-0.25, -0.2) is 4.98 Å². The van der Waals surface area contributed by atoms with Gasteiger partial charge in [-0.05, 0) is 42.5 Å². The molecule has 2 heterocycles. The van der Waals surface area contributed by atoms with Crippen molar-refractivity contribution in [3.05, 3.63) is 71.8 Å². The number of fused-ring (bicyclic) bond motifs is 1. The van der Waals surface area contributed by atoms with Gasteiger partial charge in [0.1, 0.15) is 5.69 Å². The number of hydrogen-bond acceptors (Lipinski definition) is 3. The second kappa shape index (κ2) is 6.63. The van der Waals surface area contributed by atoms with Crippen molar-refractivity contribution >= 4 is 16.7 Å². The molecule has 4 nitrogen and oxygen atoms in total. The summed E-state index contributed by atoms with van der Waals surface area (Å²) in [5.41, 5.74) is 2.57. The van der Waals surface area contributed by atoms with Gasteiger partial charge in [-0.15, -0.1) is 0 Å². The van der Waals surface area contributed by atoms with Crippen molar-refractivity contribution in [2.24, 2.45) is 0 Å². The summed E-state index contributed by atoms with van der Waals surface area (Å²) in [7, 11) is 0. The van der Waals surface area contributed by atoms with Gasteiger partial charge >= 0.3 is 0 Å². The molecule has 0 bridgehead atoms. The molecule has 0 spiro atoms. The van der Waals surface area contributed by atoms with E-state index in [0.717, 1.165) is 31.5 Å². The quantitative estimate of drug-likeness (QED) is 0.733. The standard InChI is InChI=1S/C21H21N3O/c1-15-13-23-20(14-22-15)21(25)24-11-5-9-18(24)12-17-8-4-7-16-6-2-3-10-19(16)17/h2-4,6-8,10,13-14,18H,5,9,11-12H2,1H3. The van der Waals surface area contributed by atoms with Crippen LogP contribution in [0.2, 0.25) is 0 Å². The van der Waals surface area contributed by atoms with Gasteiger partial charge in [0, 0.05) is 18.8 Å². The van der Waals surface area contributed by atoms with E-state index in [4.69, 9.17) is 0 Å². The average molecular weight is 331 g/mol. The Morgan fingerprint density at radius 1 is 1.12 bits per heavy atom. The van der Waals surface area contributed by atoms with Gasteiger partial charge < -0.3 is 4.90 Å². The predicted molar refractivity (Wildman–Crippen MR) is 98.5 cm³/mol. The first-order valence-corrected chi connectivity index (χ1v) is 8.78. The Hall–Kier alpha value is -2.75. The highest BCUT2D eigenvalue weighted by atomic mass is 16.2. The molecular weight excluding hydrogens is 310 g/mol. The number of nitrogens with zero attached hydrogens (tertiary/aromatic N) is 3. The third kappa shape index (κ3) is 3.12. The van der Waals surface area contributed by atoms with Crippen LogP contribution in [0.25, 0.3) is 10.8 Å². The zero-order valence-electron chi connectivity index (χ0n) is 14.4. The molecule has 1 aromatic heterocycles. The second-order valence-electron chi connectivity index (χ2n) is 6.68. The molecule has 3 aromatic rings. The largest absolute Gasteiger partial charge is 0.334 e. The van der Waals surface area contributed by atoms with Crippen LogP contribution in [-0.4, -0.2) is 33.4 Å². The number of hydrogen-bond donors (Lipinski definition) is 0. The summed E-state index contributed by atoms with van der Waals surface area (Å²) in [6, 6.07) is 15.1. The molecule has 0 N–H and O–H groups in total. The van der Waals surface area contributed by atoms with Crippen molar-refractivity contribution in [2.75, 3.05) is 6.54 Å². The average Bonchev–Trinajstić information content (AvgIpc) is 3.10. The molecule has 0 radical (unpaired) electrons. The zero-order chi connectivity index (χ0) is 17.2. The van der Waals surface area contributed by atoms with E-state index in [-0.39, 0.29) is 11.9 Å². The lowest BCUT2D eigenvalue weighted by atomic mass is 9.97. The number of aromatic nitrogens is 2. The van der Waals surface area contributed by atoms with Gasteiger partial charge in [0.15, 0.2) is 0 Å². The Morgan fingerprint density at radius 3 is 2.80 bits per heavy atom. The Kier molecular flexibility index (Phi) is 4.18. The molecule has 1 aliphatic heterocycles. The highest BCUT2D eigenvalue weighted by Gasteiger charge is 2.30. The molecule has 1 unspecified atom stereocenters. The van der Waals surface area contributed by atoms with Crippen molar-refractivity contribution in [2.45, 2.75) is 32.2 Å². The third-order valence-corrected chi connectivity index (χ3v) is 4.97. The normalized spacial score (nSPS) is 17.2. The van der Waals surface area contributed by atoms with Gasteiger partial charge in [-0.1, -0.05) is 42.5 Å². The molecule has 25 heavy (non-hydrogen) atoms. The lowest BCUT2D eigenvalue weighted by Gasteiger charge is -2.25. The van der Waals surface area contributed by atoms with Crippen LogP contribution in [0.15, 0.2) is 54.9 Å². The number of aryl methyl sites for hydroxylation is 1. The van der Waals surface area contributed by atoms with Crippen molar-refractivity contribution in [3.63, 3.8) is 0 Å². The van der Waals surface area contributed by atoms with Crippen molar-refractivity contribution in [3.8, 4) is 0 Å². The van der Waals surface area contributed by atoms with E-state index in [1.807, 2.05) is 11.8 Å². The van der Waals surface area contributed by atoms with Crippen LogP contribution in [-0.2, 0) is 6.42 Å². The maximum Gasteiger partial charge on any atom is 0.274 e. The van der Waals surface area contributed by atoms with Crippen LogP contribution >= 0.6 is 0 Å². The first kappa shape index (κ1) is 15.8. The summed E-state index contributed by atoms with van der Waals surface area (Å²) in [5.74, 6) is -0.00441. The molecule has 1 fully saturated rings. The van der Waals surface area contributed by atoms with Gasteiger partial charge in [-0.2, -0.15) is 0 Å². The number of likely N-dealkylation sites (tertiary alicyclic amines) is 1. The van der Waals surface area contributed by atoms with E-state index in [2.05, 4.69) is 52.4 Å². The molecule has 1 saturated heterocycles. The van der Waals surface area contributed by atoms with E-state index in [1.165, 1.54) is 16.3 Å². The Balaban J connectivity index is 1.59. The lowest BCUT2D eigenvalue weighted by molar-refractivity contribution is 0.0730. The Morgan fingerprint density at radius 2 is 1.96 bits per heavy atom. The molecule has 126 valence electrons. The monoisotopic (exact) mass is 331 g/mol. The summed E-state index contributed by atoms with van der Waals surface area (Å²) in [4.78, 5) is 23.3. The molecule has 0 saturated carbocycles. The molecule has 4 rings (SSSR count). The van der Waals surface area contributed by atoms with E-state index < -0.39 is 0 Å². The molecule has 1 amide bonds. The number of amides is 1. The van der Waals surface area contributed by atoms with Gasteiger partial charge in [0.2, 0.25) is 0 Å². The molecular formula is C21H21N3O. The number of carbonyl (C=O) groups excluding carboxylic acids is 1. The van der Waals surface area contributed by atoms with Gasteiger partial charge in [-0.3, -0.25) is 9.78 Å². The Bertz CT molecular complexity index is 899. The fourth-order valence-electron chi connectivity index (χ4n) is 3.69. The predicted octanol–water partition coefficient (Wildman–Crippen LogP) is 3.79. The molecule has 1 aliphatic rings. The van der Waals surface area contributed by atoms with E-state index in [0.29, 0.717) is 5.69 Å². The first-order valence-electron chi connectivity index (χ1n) is 8.78. The van der Waals surface area contributed by atoms with Crippen molar-refractivity contribution < 1.29 is 4.79 Å². The SMILES string of the molecule is Cc1cnc(C(=O)N2CCCC2Cc2cccc3ccccc23)cn1. The molecule has 0 aliphatic carbocycles. The van der Waals surface area contributed by atoms with Crippen LogP contribution in [0.4, 0.5) is 0 Å². The minimum absolute atomic E-state index is 0.00441. The second-order valence-corrected chi connectivity index (χ2v) is 6.68. The number of rotatable bonds is 3. The smallest absolute Gasteiger partial charge is 0.274 e. The fourth-order valence-corrected chi connectivity index (χ4v) is 3.69. The van der Waals surface area contributed by atoms with E-state index in [1.54, 1.807) is 12.4 Å². The Labute approximate surface area is 147 Å². The topological polar surface area (TPSA) is 46.1 Å². The third-order valence-electron chi connectivity index (χ3n) is 4.97. The minimum Gasteiger partial charge on any atom is -0.334 e. The fraction of sp³-hybridized carbons (Fsp3) is 0.286. The number of benzene rings is 2. The summed E-state index contributed by atoms with van der Waals surface area (Å²) in [6.07, 6.45) is 6.20. The van der Waals surface area contributed by atoms with Crippen LogP contribution < -0.4 is 0 Å². The van der Waals surface area contributed by atoms with Crippen LogP contribution in [0.1, 0.15) is 34.6 Å². The maximum atomic E-state index is 12.8. The van der Waals surface area contributed by atoms with Crippen molar-refractivity contribution in [1.29, 1.82) is 0 Å². The van der Waals surface area contributed by atoms with Crippen LogP contribution in [0.5, 0.6) is 0 Å². The molecule has 1 atom stereocenters. The maximum absolute atomic E-state index is 12.8. The van der Waals surface area contributed by atoms with Gasteiger partial charge in [0.25, 0.3) is 5.91 Å². The number of carbonyl (C=O) groups is 1. The summed E-state index contributed by atoms with van der Waals surface area (Å²) in [6.45, 7) is 2.67. The van der Waals surface area contributed by atoms with Gasteiger partial charge in [0.05, 0.1) is 11.9 Å².